The summed E-state index contributed by atoms with van der Waals surface area (Å²) in [4.78, 5) is 12.2. The third kappa shape index (κ3) is 5.86. The zero-order valence-corrected chi connectivity index (χ0v) is 16.4. The minimum absolute atomic E-state index is 0.00668. The molecular formula is C21H24FN5O2. The summed E-state index contributed by atoms with van der Waals surface area (Å²) in [6.45, 7) is 5.84. The van der Waals surface area contributed by atoms with E-state index in [9.17, 15) is 9.18 Å². The Balaban J connectivity index is 1.54. The molecule has 0 saturated carbocycles. The maximum Gasteiger partial charge on any atom is 0.315 e. The highest BCUT2D eigenvalue weighted by atomic mass is 19.1. The molecule has 0 aliphatic heterocycles. The Hall–Kier alpha value is -3.26. The monoisotopic (exact) mass is 397 g/mol. The van der Waals surface area contributed by atoms with Gasteiger partial charge in [0.05, 0.1) is 5.56 Å². The molecule has 0 bridgehead atoms. The fourth-order valence-corrected chi connectivity index (χ4v) is 2.63. The molecule has 0 fully saturated rings. The molecule has 2 aromatic carbocycles. The van der Waals surface area contributed by atoms with Gasteiger partial charge in [0.15, 0.2) is 0 Å². The number of nitrogens with zero attached hydrogens (tertiary/aromatic N) is 2. The van der Waals surface area contributed by atoms with E-state index >= 15 is 0 Å². The molecule has 0 atom stereocenters. The fourth-order valence-electron chi connectivity index (χ4n) is 2.63. The van der Waals surface area contributed by atoms with E-state index in [-0.39, 0.29) is 5.56 Å². The van der Waals surface area contributed by atoms with E-state index in [2.05, 4.69) is 40.0 Å². The minimum atomic E-state index is -0.563. The van der Waals surface area contributed by atoms with Crippen LogP contribution in [0.2, 0.25) is 0 Å². The van der Waals surface area contributed by atoms with Crippen LogP contribution in [0.15, 0.2) is 52.9 Å². The average molecular weight is 397 g/mol. The number of carbonyl (C=O) groups is 1. The summed E-state index contributed by atoms with van der Waals surface area (Å²) in [7, 11) is 0. The van der Waals surface area contributed by atoms with E-state index in [4.69, 9.17) is 4.42 Å². The Labute approximate surface area is 168 Å². The third-order valence-electron chi connectivity index (χ3n) is 4.12. The van der Waals surface area contributed by atoms with Crippen LogP contribution in [0, 0.1) is 5.82 Å². The second kappa shape index (κ2) is 9.79. The number of carbonyl (C=O) groups excluding carboxylic acids is 1. The maximum absolute atomic E-state index is 13.7. The van der Waals surface area contributed by atoms with Crippen LogP contribution in [-0.2, 0) is 0 Å². The first-order valence-electron chi connectivity index (χ1n) is 9.50. The Kier molecular flexibility index (Phi) is 6.91. The van der Waals surface area contributed by atoms with E-state index < -0.39 is 11.7 Å². The van der Waals surface area contributed by atoms with Gasteiger partial charge in [-0.25, -0.2) is 4.39 Å². The number of rotatable bonds is 9. The number of hydrogen-bond acceptors (Lipinski definition) is 6. The number of nitrogens with one attached hydrogen (secondary N) is 3. The lowest BCUT2D eigenvalue weighted by molar-refractivity contribution is 0.102. The van der Waals surface area contributed by atoms with Crippen LogP contribution < -0.4 is 16.0 Å². The van der Waals surface area contributed by atoms with Crippen molar-refractivity contribution in [3.05, 3.63) is 59.9 Å². The number of benzene rings is 2. The molecule has 0 aliphatic carbocycles. The molecule has 1 heterocycles. The van der Waals surface area contributed by atoms with Crippen molar-refractivity contribution >= 4 is 17.6 Å². The standard InChI is InChI=1S/C21H24FN5O2/c1-14(2)23-12-5-13-24-21-27-26-20(29-21)15-8-10-16(11-9-15)25-19(28)17-6-3-4-7-18(17)22/h3-4,6-11,14,23H,5,12-13H2,1-2H3,(H,24,27)(H,25,28). The molecule has 0 spiro atoms. The van der Waals surface area contributed by atoms with Crippen molar-refractivity contribution in [1.82, 2.24) is 15.5 Å². The first kappa shape index (κ1) is 20.5. The lowest BCUT2D eigenvalue weighted by Crippen LogP contribution is -2.25. The molecule has 152 valence electrons. The van der Waals surface area contributed by atoms with Crippen LogP contribution in [0.4, 0.5) is 16.1 Å². The second-order valence-electron chi connectivity index (χ2n) is 6.81. The molecule has 29 heavy (non-hydrogen) atoms. The van der Waals surface area contributed by atoms with Gasteiger partial charge in [-0.1, -0.05) is 31.1 Å². The zero-order valence-electron chi connectivity index (χ0n) is 16.4. The summed E-state index contributed by atoms with van der Waals surface area (Å²) in [5.41, 5.74) is 1.25. The molecule has 3 N–H and O–H groups in total. The lowest BCUT2D eigenvalue weighted by atomic mass is 10.1. The summed E-state index contributed by atoms with van der Waals surface area (Å²) in [6, 6.07) is 13.6. The molecule has 0 radical (unpaired) electrons. The number of aromatic nitrogens is 2. The Bertz CT molecular complexity index is 940. The van der Waals surface area contributed by atoms with Gasteiger partial charge in [-0.15, -0.1) is 5.10 Å². The molecule has 1 amide bonds. The predicted molar refractivity (Wildman–Crippen MR) is 110 cm³/mol. The summed E-state index contributed by atoms with van der Waals surface area (Å²) in [6.07, 6.45) is 0.937. The first-order chi connectivity index (χ1) is 14.0. The van der Waals surface area contributed by atoms with Gasteiger partial charge in [0, 0.05) is 23.8 Å². The van der Waals surface area contributed by atoms with Gasteiger partial charge in [-0.2, -0.15) is 0 Å². The topological polar surface area (TPSA) is 92.1 Å². The number of amides is 1. The summed E-state index contributed by atoms with van der Waals surface area (Å²) < 4.78 is 19.3. The van der Waals surface area contributed by atoms with Gasteiger partial charge in [-0.05, 0) is 49.4 Å². The van der Waals surface area contributed by atoms with Crippen LogP contribution in [0.25, 0.3) is 11.5 Å². The van der Waals surface area contributed by atoms with Crippen LogP contribution in [0.3, 0.4) is 0 Å². The van der Waals surface area contributed by atoms with Gasteiger partial charge < -0.3 is 20.4 Å². The number of anilines is 2. The largest absolute Gasteiger partial charge is 0.403 e. The van der Waals surface area contributed by atoms with Crippen LogP contribution in [0.5, 0.6) is 0 Å². The van der Waals surface area contributed by atoms with Crippen molar-refractivity contribution in [3.63, 3.8) is 0 Å². The SMILES string of the molecule is CC(C)NCCCNc1nnc(-c2ccc(NC(=O)c3ccccc3F)cc2)o1. The zero-order chi connectivity index (χ0) is 20.6. The van der Waals surface area contributed by atoms with E-state index in [1.54, 1.807) is 30.3 Å². The van der Waals surface area contributed by atoms with Crippen LogP contribution in [-0.4, -0.2) is 35.2 Å². The van der Waals surface area contributed by atoms with Crippen molar-refractivity contribution < 1.29 is 13.6 Å². The summed E-state index contributed by atoms with van der Waals surface area (Å²) in [5, 5.41) is 17.1. The van der Waals surface area contributed by atoms with E-state index in [1.807, 2.05) is 0 Å². The van der Waals surface area contributed by atoms with Gasteiger partial charge >= 0.3 is 6.01 Å². The van der Waals surface area contributed by atoms with Crippen molar-refractivity contribution in [2.45, 2.75) is 26.3 Å². The van der Waals surface area contributed by atoms with Gasteiger partial charge in [0.1, 0.15) is 5.82 Å². The molecule has 0 aliphatic rings. The normalized spacial score (nSPS) is 10.9. The Morgan fingerprint density at radius 1 is 1.07 bits per heavy atom. The summed E-state index contributed by atoms with van der Waals surface area (Å²) in [5.74, 6) is -0.695. The quantitative estimate of drug-likeness (QED) is 0.474. The first-order valence-corrected chi connectivity index (χ1v) is 9.50. The molecule has 7 nitrogen and oxygen atoms in total. The second-order valence-corrected chi connectivity index (χ2v) is 6.81. The number of halogens is 1. The Morgan fingerprint density at radius 3 is 2.55 bits per heavy atom. The van der Waals surface area contributed by atoms with Gasteiger partial charge in [0.2, 0.25) is 5.89 Å². The minimum Gasteiger partial charge on any atom is -0.403 e. The summed E-state index contributed by atoms with van der Waals surface area (Å²) >= 11 is 0. The molecule has 3 aromatic rings. The molecule has 8 heteroatoms. The van der Waals surface area contributed by atoms with Crippen molar-refractivity contribution in [2.75, 3.05) is 23.7 Å². The lowest BCUT2D eigenvalue weighted by Gasteiger charge is -2.07. The van der Waals surface area contributed by atoms with Crippen molar-refractivity contribution in [2.24, 2.45) is 0 Å². The highest BCUT2D eigenvalue weighted by Gasteiger charge is 2.12. The van der Waals surface area contributed by atoms with Gasteiger partial charge in [0.25, 0.3) is 5.91 Å². The van der Waals surface area contributed by atoms with Crippen LogP contribution >= 0.6 is 0 Å². The maximum atomic E-state index is 13.7. The van der Waals surface area contributed by atoms with E-state index in [1.165, 1.54) is 18.2 Å². The molecule has 3 rings (SSSR count). The molecule has 0 unspecified atom stereocenters. The highest BCUT2D eigenvalue weighted by Crippen LogP contribution is 2.22. The molecule has 1 aromatic heterocycles. The molecular weight excluding hydrogens is 373 g/mol. The third-order valence-corrected chi connectivity index (χ3v) is 4.12. The van der Waals surface area contributed by atoms with Crippen LogP contribution in [0.1, 0.15) is 30.6 Å². The highest BCUT2D eigenvalue weighted by molar-refractivity contribution is 6.04. The Morgan fingerprint density at radius 2 is 1.83 bits per heavy atom. The average Bonchev–Trinajstić information content (AvgIpc) is 3.17. The van der Waals surface area contributed by atoms with Crippen molar-refractivity contribution in [3.8, 4) is 11.5 Å². The fraction of sp³-hybridized carbons (Fsp3) is 0.286. The molecule has 0 saturated heterocycles. The van der Waals surface area contributed by atoms with Gasteiger partial charge in [-0.3, -0.25) is 4.79 Å². The predicted octanol–water partition coefficient (Wildman–Crippen LogP) is 3.93. The van der Waals surface area contributed by atoms with E-state index in [0.717, 1.165) is 25.1 Å². The van der Waals surface area contributed by atoms with E-state index in [0.29, 0.717) is 23.6 Å². The van der Waals surface area contributed by atoms with Crippen molar-refractivity contribution in [1.29, 1.82) is 0 Å². The number of hydrogen-bond donors (Lipinski definition) is 3. The smallest absolute Gasteiger partial charge is 0.315 e.